The lowest BCUT2D eigenvalue weighted by atomic mass is 10.1. The van der Waals surface area contributed by atoms with Crippen LogP contribution < -0.4 is 0 Å². The topological polar surface area (TPSA) is 46.1 Å². The molecule has 0 radical (unpaired) electrons. The van der Waals surface area contributed by atoms with Crippen LogP contribution >= 0.6 is 11.6 Å². The highest BCUT2D eigenvalue weighted by molar-refractivity contribution is 6.30. The molecule has 0 saturated heterocycles. The summed E-state index contributed by atoms with van der Waals surface area (Å²) in [7, 11) is 1.75. The first-order valence-corrected chi connectivity index (χ1v) is 6.26. The molecule has 2 rings (SSSR count). The van der Waals surface area contributed by atoms with Crippen molar-refractivity contribution in [1.29, 1.82) is 0 Å². The summed E-state index contributed by atoms with van der Waals surface area (Å²) < 4.78 is 0. The molecule has 0 fully saturated rings. The van der Waals surface area contributed by atoms with Crippen LogP contribution in [-0.2, 0) is 0 Å². The minimum Gasteiger partial charge on any atom is -0.334 e. The predicted octanol–water partition coefficient (Wildman–Crippen LogP) is 2.96. The monoisotopic (exact) mass is 275 g/mol. The molecular formula is C14H14ClN3O. The first-order valence-electron chi connectivity index (χ1n) is 5.88. The van der Waals surface area contributed by atoms with E-state index in [1.807, 2.05) is 19.1 Å². The van der Waals surface area contributed by atoms with Gasteiger partial charge in [-0.1, -0.05) is 11.6 Å². The summed E-state index contributed by atoms with van der Waals surface area (Å²) in [6.07, 6.45) is 4.95. The SMILES string of the molecule is CC(c1ccncc1)N(C)C(=O)c1cc(Cl)ccn1. The summed E-state index contributed by atoms with van der Waals surface area (Å²) in [5, 5.41) is 0.503. The Morgan fingerprint density at radius 3 is 2.58 bits per heavy atom. The number of hydrogen-bond acceptors (Lipinski definition) is 3. The van der Waals surface area contributed by atoms with Crippen molar-refractivity contribution in [2.75, 3.05) is 7.05 Å². The minimum atomic E-state index is -0.160. The molecule has 0 aromatic carbocycles. The number of rotatable bonds is 3. The first kappa shape index (κ1) is 13.5. The highest BCUT2D eigenvalue weighted by Crippen LogP contribution is 2.20. The van der Waals surface area contributed by atoms with Gasteiger partial charge in [0, 0.05) is 30.7 Å². The Morgan fingerprint density at radius 2 is 1.95 bits per heavy atom. The van der Waals surface area contributed by atoms with Gasteiger partial charge in [-0.3, -0.25) is 14.8 Å². The highest BCUT2D eigenvalue weighted by atomic mass is 35.5. The van der Waals surface area contributed by atoms with Crippen LogP contribution in [0.2, 0.25) is 5.02 Å². The number of carbonyl (C=O) groups excluding carboxylic acids is 1. The Kier molecular flexibility index (Phi) is 4.12. The molecule has 0 bridgehead atoms. The van der Waals surface area contributed by atoms with Gasteiger partial charge in [0.25, 0.3) is 5.91 Å². The van der Waals surface area contributed by atoms with Crippen molar-refractivity contribution in [3.05, 3.63) is 59.1 Å². The molecule has 5 heteroatoms. The Labute approximate surface area is 117 Å². The molecule has 0 N–H and O–H groups in total. The van der Waals surface area contributed by atoms with Crippen LogP contribution in [0.5, 0.6) is 0 Å². The third-order valence-corrected chi connectivity index (χ3v) is 3.27. The van der Waals surface area contributed by atoms with Crippen LogP contribution in [0.15, 0.2) is 42.9 Å². The molecule has 2 heterocycles. The largest absolute Gasteiger partial charge is 0.334 e. The van der Waals surface area contributed by atoms with Crippen LogP contribution in [0, 0.1) is 0 Å². The van der Waals surface area contributed by atoms with E-state index in [4.69, 9.17) is 11.6 Å². The Bertz CT molecular complexity index is 574. The van der Waals surface area contributed by atoms with E-state index in [9.17, 15) is 4.79 Å². The predicted molar refractivity (Wildman–Crippen MR) is 74.0 cm³/mol. The molecule has 1 amide bonds. The first-order chi connectivity index (χ1) is 9.09. The maximum atomic E-state index is 12.3. The van der Waals surface area contributed by atoms with E-state index < -0.39 is 0 Å². The van der Waals surface area contributed by atoms with Gasteiger partial charge in [0.2, 0.25) is 0 Å². The Morgan fingerprint density at radius 1 is 1.26 bits per heavy atom. The van der Waals surface area contributed by atoms with Gasteiger partial charge in [-0.15, -0.1) is 0 Å². The summed E-state index contributed by atoms with van der Waals surface area (Å²) >= 11 is 5.87. The number of pyridine rings is 2. The number of aromatic nitrogens is 2. The van der Waals surface area contributed by atoms with E-state index in [0.29, 0.717) is 10.7 Å². The second-order valence-electron chi connectivity index (χ2n) is 4.23. The fourth-order valence-corrected chi connectivity index (χ4v) is 1.90. The van der Waals surface area contributed by atoms with E-state index in [1.54, 1.807) is 36.5 Å². The number of amides is 1. The zero-order chi connectivity index (χ0) is 13.8. The van der Waals surface area contributed by atoms with Crippen LogP contribution in [0.1, 0.15) is 29.0 Å². The lowest BCUT2D eigenvalue weighted by Crippen LogP contribution is -2.30. The molecule has 2 aromatic rings. The van der Waals surface area contributed by atoms with Gasteiger partial charge in [0.15, 0.2) is 0 Å². The zero-order valence-corrected chi connectivity index (χ0v) is 11.5. The van der Waals surface area contributed by atoms with Crippen molar-refractivity contribution < 1.29 is 4.79 Å². The molecule has 1 atom stereocenters. The summed E-state index contributed by atoms with van der Waals surface area (Å²) in [5.41, 5.74) is 1.36. The Balaban J connectivity index is 2.20. The summed E-state index contributed by atoms with van der Waals surface area (Å²) in [6, 6.07) is 6.93. The number of nitrogens with zero attached hydrogens (tertiary/aromatic N) is 3. The van der Waals surface area contributed by atoms with E-state index in [-0.39, 0.29) is 11.9 Å². The van der Waals surface area contributed by atoms with E-state index in [2.05, 4.69) is 9.97 Å². The fraction of sp³-hybridized carbons (Fsp3) is 0.214. The van der Waals surface area contributed by atoms with Gasteiger partial charge in [0.1, 0.15) is 5.69 Å². The standard InChI is InChI=1S/C14H14ClN3O/c1-10(11-3-6-16-7-4-11)18(2)14(19)13-9-12(15)5-8-17-13/h3-10H,1-2H3. The number of carbonyl (C=O) groups is 1. The van der Waals surface area contributed by atoms with Gasteiger partial charge in [0.05, 0.1) is 6.04 Å². The molecule has 0 aliphatic heterocycles. The van der Waals surface area contributed by atoms with E-state index >= 15 is 0 Å². The fourth-order valence-electron chi connectivity index (χ4n) is 1.74. The summed E-state index contributed by atoms with van der Waals surface area (Å²) in [5.74, 6) is -0.160. The van der Waals surface area contributed by atoms with Gasteiger partial charge < -0.3 is 4.90 Å². The molecule has 19 heavy (non-hydrogen) atoms. The minimum absolute atomic E-state index is 0.0590. The molecular weight excluding hydrogens is 262 g/mol. The van der Waals surface area contributed by atoms with E-state index in [0.717, 1.165) is 5.56 Å². The molecule has 1 unspecified atom stereocenters. The van der Waals surface area contributed by atoms with Crippen molar-refractivity contribution in [2.24, 2.45) is 0 Å². The van der Waals surface area contributed by atoms with Crippen molar-refractivity contribution in [1.82, 2.24) is 14.9 Å². The normalized spacial score (nSPS) is 11.9. The Hall–Kier alpha value is -1.94. The van der Waals surface area contributed by atoms with Crippen LogP contribution in [-0.4, -0.2) is 27.8 Å². The van der Waals surface area contributed by atoms with E-state index in [1.165, 1.54) is 6.20 Å². The third kappa shape index (κ3) is 3.09. The maximum absolute atomic E-state index is 12.3. The van der Waals surface area contributed by atoms with Crippen molar-refractivity contribution in [3.63, 3.8) is 0 Å². The molecule has 4 nitrogen and oxygen atoms in total. The molecule has 2 aromatic heterocycles. The molecule has 0 spiro atoms. The lowest BCUT2D eigenvalue weighted by molar-refractivity contribution is 0.0736. The van der Waals surface area contributed by atoms with Crippen LogP contribution in [0.3, 0.4) is 0 Å². The zero-order valence-electron chi connectivity index (χ0n) is 10.7. The van der Waals surface area contributed by atoms with Gasteiger partial charge in [-0.25, -0.2) is 0 Å². The molecule has 0 saturated carbocycles. The summed E-state index contributed by atoms with van der Waals surface area (Å²) in [6.45, 7) is 1.96. The van der Waals surface area contributed by atoms with Crippen molar-refractivity contribution in [3.8, 4) is 0 Å². The second kappa shape index (κ2) is 5.80. The van der Waals surface area contributed by atoms with Gasteiger partial charge in [-0.2, -0.15) is 0 Å². The van der Waals surface area contributed by atoms with Crippen LogP contribution in [0.25, 0.3) is 0 Å². The molecule has 98 valence electrons. The smallest absolute Gasteiger partial charge is 0.272 e. The molecule has 0 aliphatic carbocycles. The van der Waals surface area contributed by atoms with Crippen LogP contribution in [0.4, 0.5) is 0 Å². The van der Waals surface area contributed by atoms with Gasteiger partial charge >= 0.3 is 0 Å². The van der Waals surface area contributed by atoms with Crippen molar-refractivity contribution >= 4 is 17.5 Å². The highest BCUT2D eigenvalue weighted by Gasteiger charge is 2.19. The van der Waals surface area contributed by atoms with Gasteiger partial charge in [-0.05, 0) is 36.8 Å². The van der Waals surface area contributed by atoms with Crippen molar-refractivity contribution in [2.45, 2.75) is 13.0 Å². The quantitative estimate of drug-likeness (QED) is 0.865. The third-order valence-electron chi connectivity index (χ3n) is 3.03. The molecule has 0 aliphatic rings. The number of hydrogen-bond donors (Lipinski definition) is 0. The average molecular weight is 276 g/mol. The number of halogens is 1. The average Bonchev–Trinajstić information content (AvgIpc) is 2.46. The second-order valence-corrected chi connectivity index (χ2v) is 4.67. The maximum Gasteiger partial charge on any atom is 0.272 e. The summed E-state index contributed by atoms with van der Waals surface area (Å²) in [4.78, 5) is 22.0. The lowest BCUT2D eigenvalue weighted by Gasteiger charge is -2.24.